The van der Waals surface area contributed by atoms with Crippen LogP contribution in [0.5, 0.6) is 0 Å². The summed E-state index contributed by atoms with van der Waals surface area (Å²) >= 11 is 0. The van der Waals surface area contributed by atoms with Crippen molar-refractivity contribution >= 4 is 5.69 Å². The number of aryl methyl sites for hydroxylation is 1. The number of nitrogens with zero attached hydrogens (tertiary/aromatic N) is 1. The molecule has 0 saturated carbocycles. The Morgan fingerprint density at radius 2 is 1.88 bits per heavy atom. The molecular weight excluding hydrogens is 217 g/mol. The molecule has 0 aliphatic carbocycles. The average molecular weight is 228 g/mol. The quantitative estimate of drug-likeness (QED) is 0.862. The van der Waals surface area contributed by atoms with Crippen molar-refractivity contribution < 1.29 is 13.2 Å². The first-order chi connectivity index (χ1) is 7.43. The summed E-state index contributed by atoms with van der Waals surface area (Å²) in [6, 6.07) is 8.18. The second kappa shape index (κ2) is 4.88. The summed E-state index contributed by atoms with van der Waals surface area (Å²) < 4.78 is 36.7. The molecule has 0 fully saturated rings. The summed E-state index contributed by atoms with van der Waals surface area (Å²) in [7, 11) is 0. The van der Waals surface area contributed by atoms with Gasteiger partial charge in [-0.15, -0.1) is 0 Å². The van der Waals surface area contributed by atoms with Crippen LogP contribution in [-0.4, -0.2) is 12.7 Å². The molecule has 1 rings (SSSR count). The molecule has 16 heavy (non-hydrogen) atoms. The van der Waals surface area contributed by atoms with Gasteiger partial charge >= 0.3 is 6.18 Å². The van der Waals surface area contributed by atoms with Gasteiger partial charge < -0.3 is 5.32 Å². The van der Waals surface area contributed by atoms with Gasteiger partial charge in [0.05, 0.1) is 6.07 Å². The monoisotopic (exact) mass is 228 g/mol. The van der Waals surface area contributed by atoms with Gasteiger partial charge in [0.15, 0.2) is 5.92 Å². The van der Waals surface area contributed by atoms with Gasteiger partial charge in [-0.1, -0.05) is 17.7 Å². The minimum atomic E-state index is -4.48. The van der Waals surface area contributed by atoms with Crippen molar-refractivity contribution in [2.45, 2.75) is 13.1 Å². The SMILES string of the molecule is Cc1ccc(NCC(C#N)C(F)(F)F)cc1. The van der Waals surface area contributed by atoms with Gasteiger partial charge in [0.25, 0.3) is 0 Å². The predicted octanol–water partition coefficient (Wildman–Crippen LogP) is 3.11. The maximum Gasteiger partial charge on any atom is 0.406 e. The molecule has 0 aliphatic heterocycles. The van der Waals surface area contributed by atoms with Crippen LogP contribution in [0.25, 0.3) is 0 Å². The summed E-state index contributed by atoms with van der Waals surface area (Å²) in [5, 5.41) is 11.0. The van der Waals surface area contributed by atoms with Crippen molar-refractivity contribution in [2.75, 3.05) is 11.9 Å². The van der Waals surface area contributed by atoms with E-state index >= 15 is 0 Å². The van der Waals surface area contributed by atoms with Gasteiger partial charge in [0, 0.05) is 12.2 Å². The van der Waals surface area contributed by atoms with E-state index in [9.17, 15) is 13.2 Å². The van der Waals surface area contributed by atoms with Crippen LogP contribution in [0.3, 0.4) is 0 Å². The molecule has 0 aliphatic rings. The Kier molecular flexibility index (Phi) is 3.78. The minimum absolute atomic E-state index is 0.428. The number of nitriles is 1. The molecule has 2 nitrogen and oxygen atoms in total. The van der Waals surface area contributed by atoms with Gasteiger partial charge in [-0.3, -0.25) is 0 Å². The lowest BCUT2D eigenvalue weighted by Crippen LogP contribution is -2.28. The molecule has 1 unspecified atom stereocenters. The third-order valence-corrected chi connectivity index (χ3v) is 2.11. The first-order valence-electron chi connectivity index (χ1n) is 4.70. The Labute approximate surface area is 91.7 Å². The van der Waals surface area contributed by atoms with E-state index in [-0.39, 0.29) is 0 Å². The first kappa shape index (κ1) is 12.4. The molecule has 1 aromatic rings. The highest BCUT2D eigenvalue weighted by atomic mass is 19.4. The molecule has 0 saturated heterocycles. The van der Waals surface area contributed by atoms with Gasteiger partial charge in [0.2, 0.25) is 0 Å². The predicted molar refractivity (Wildman–Crippen MR) is 54.8 cm³/mol. The second-order valence-electron chi connectivity index (χ2n) is 3.47. The molecule has 0 radical (unpaired) electrons. The highest BCUT2D eigenvalue weighted by Crippen LogP contribution is 2.25. The van der Waals surface area contributed by atoms with Crippen molar-refractivity contribution in [1.82, 2.24) is 0 Å². The van der Waals surface area contributed by atoms with E-state index in [1.807, 2.05) is 6.92 Å². The van der Waals surface area contributed by atoms with Crippen LogP contribution >= 0.6 is 0 Å². The highest BCUT2D eigenvalue weighted by Gasteiger charge is 2.39. The normalized spacial score (nSPS) is 12.9. The number of hydrogen-bond donors (Lipinski definition) is 1. The van der Waals surface area contributed by atoms with Crippen LogP contribution in [0.15, 0.2) is 24.3 Å². The van der Waals surface area contributed by atoms with Gasteiger partial charge in [0.1, 0.15) is 0 Å². The molecule has 1 aromatic carbocycles. The number of hydrogen-bond acceptors (Lipinski definition) is 2. The van der Waals surface area contributed by atoms with Crippen LogP contribution in [0.1, 0.15) is 5.56 Å². The van der Waals surface area contributed by atoms with Crippen LogP contribution in [0, 0.1) is 24.2 Å². The topological polar surface area (TPSA) is 35.8 Å². The average Bonchev–Trinajstić information content (AvgIpc) is 2.19. The van der Waals surface area contributed by atoms with E-state index in [1.54, 1.807) is 24.3 Å². The fraction of sp³-hybridized carbons (Fsp3) is 0.364. The molecule has 5 heteroatoms. The van der Waals surface area contributed by atoms with Crippen LogP contribution in [0.2, 0.25) is 0 Å². The van der Waals surface area contributed by atoms with Crippen molar-refractivity contribution in [3.8, 4) is 6.07 Å². The number of anilines is 1. The summed E-state index contributed by atoms with van der Waals surface area (Å²) in [6.07, 6.45) is -4.48. The summed E-state index contributed by atoms with van der Waals surface area (Å²) in [4.78, 5) is 0. The van der Waals surface area contributed by atoms with E-state index in [0.717, 1.165) is 5.56 Å². The largest absolute Gasteiger partial charge is 0.406 e. The maximum absolute atomic E-state index is 12.2. The Hall–Kier alpha value is -1.70. The fourth-order valence-corrected chi connectivity index (χ4v) is 1.13. The summed E-state index contributed by atoms with van der Waals surface area (Å²) in [5.74, 6) is -1.98. The molecule has 0 amide bonds. The molecule has 86 valence electrons. The van der Waals surface area contributed by atoms with Crippen LogP contribution in [-0.2, 0) is 0 Å². The molecule has 0 heterocycles. The smallest absolute Gasteiger partial charge is 0.383 e. The van der Waals surface area contributed by atoms with Crippen LogP contribution in [0.4, 0.5) is 18.9 Å². The van der Waals surface area contributed by atoms with Gasteiger partial charge in [-0.2, -0.15) is 18.4 Å². The Balaban J connectivity index is 2.57. The highest BCUT2D eigenvalue weighted by molar-refractivity contribution is 5.44. The number of halogens is 3. The molecule has 1 atom stereocenters. The zero-order valence-electron chi connectivity index (χ0n) is 8.67. The molecule has 0 spiro atoms. The molecule has 1 N–H and O–H groups in total. The third kappa shape index (κ3) is 3.46. The Bertz CT molecular complexity index is 376. The number of benzene rings is 1. The van der Waals surface area contributed by atoms with E-state index in [2.05, 4.69) is 5.32 Å². The Morgan fingerprint density at radius 1 is 1.31 bits per heavy atom. The first-order valence-corrected chi connectivity index (χ1v) is 4.70. The number of nitrogens with one attached hydrogen (secondary N) is 1. The van der Waals surface area contributed by atoms with Crippen molar-refractivity contribution in [2.24, 2.45) is 5.92 Å². The molecule has 0 aromatic heterocycles. The van der Waals surface area contributed by atoms with Gasteiger partial charge in [-0.25, -0.2) is 0 Å². The third-order valence-electron chi connectivity index (χ3n) is 2.11. The lowest BCUT2D eigenvalue weighted by Gasteiger charge is -2.14. The van der Waals surface area contributed by atoms with E-state index in [4.69, 9.17) is 5.26 Å². The van der Waals surface area contributed by atoms with Crippen molar-refractivity contribution in [3.63, 3.8) is 0 Å². The van der Waals surface area contributed by atoms with E-state index in [1.165, 1.54) is 6.07 Å². The lowest BCUT2D eigenvalue weighted by atomic mass is 10.1. The summed E-state index contributed by atoms with van der Waals surface area (Å²) in [6.45, 7) is 1.46. The zero-order chi connectivity index (χ0) is 12.2. The lowest BCUT2D eigenvalue weighted by molar-refractivity contribution is -0.155. The molecule has 0 bridgehead atoms. The summed E-state index contributed by atoms with van der Waals surface area (Å²) in [5.41, 5.74) is 1.60. The van der Waals surface area contributed by atoms with E-state index in [0.29, 0.717) is 5.69 Å². The van der Waals surface area contributed by atoms with E-state index < -0.39 is 18.6 Å². The number of rotatable bonds is 3. The minimum Gasteiger partial charge on any atom is -0.383 e. The number of alkyl halides is 3. The Morgan fingerprint density at radius 3 is 2.31 bits per heavy atom. The fourth-order valence-electron chi connectivity index (χ4n) is 1.13. The standard InChI is InChI=1S/C11H11F3N2/c1-8-2-4-10(5-3-8)16-7-9(6-15)11(12,13)14/h2-5,9,16H,7H2,1H3. The zero-order valence-corrected chi connectivity index (χ0v) is 8.67. The maximum atomic E-state index is 12.2. The second-order valence-corrected chi connectivity index (χ2v) is 3.47. The van der Waals surface area contributed by atoms with Crippen molar-refractivity contribution in [3.05, 3.63) is 29.8 Å². The van der Waals surface area contributed by atoms with Crippen molar-refractivity contribution in [1.29, 1.82) is 5.26 Å². The van der Waals surface area contributed by atoms with Crippen LogP contribution < -0.4 is 5.32 Å². The molecular formula is C11H11F3N2. The van der Waals surface area contributed by atoms with Gasteiger partial charge in [-0.05, 0) is 19.1 Å².